The van der Waals surface area contributed by atoms with Crippen molar-refractivity contribution in [1.82, 2.24) is 4.57 Å². The van der Waals surface area contributed by atoms with E-state index in [0.29, 0.717) is 23.8 Å². The molecule has 7 nitrogen and oxygen atoms in total. The van der Waals surface area contributed by atoms with Gasteiger partial charge in [-0.15, -0.1) is 23.7 Å². The number of carbonyl (C=O) groups excluding carboxylic acids is 1. The van der Waals surface area contributed by atoms with Crippen molar-refractivity contribution in [2.75, 3.05) is 31.2 Å². The van der Waals surface area contributed by atoms with Crippen molar-refractivity contribution in [2.24, 2.45) is 0 Å². The molecule has 0 radical (unpaired) electrons. The molecule has 3 heterocycles. The number of nitrogens with zero attached hydrogens (tertiary/aromatic N) is 2. The van der Waals surface area contributed by atoms with Crippen LogP contribution < -0.4 is 9.64 Å². The summed E-state index contributed by atoms with van der Waals surface area (Å²) in [5.74, 6) is 0.255. The van der Waals surface area contributed by atoms with Crippen LogP contribution in [0.3, 0.4) is 0 Å². The molecule has 1 aliphatic heterocycles. The number of hydrogen-bond acceptors (Lipinski definition) is 6. The van der Waals surface area contributed by atoms with Gasteiger partial charge in [-0.3, -0.25) is 4.79 Å². The molecule has 1 saturated heterocycles. The highest BCUT2D eigenvalue weighted by Crippen LogP contribution is 2.47. The molecule has 1 aliphatic carbocycles. The fourth-order valence-electron chi connectivity index (χ4n) is 7.06. The Morgan fingerprint density at radius 1 is 0.875 bits per heavy atom. The topological polar surface area (TPSA) is 81.0 Å². The molecule has 3 aromatic carbocycles. The average Bonchev–Trinajstić information content (AvgIpc) is 3.67. The number of carbonyl (C=O) groups is 2. The van der Waals surface area contributed by atoms with Crippen molar-refractivity contribution in [3.63, 3.8) is 0 Å². The third kappa shape index (κ3) is 7.46. The summed E-state index contributed by atoms with van der Waals surface area (Å²) in [6, 6.07) is 28.3. The molecule has 48 heavy (non-hydrogen) atoms. The van der Waals surface area contributed by atoms with Crippen LogP contribution in [0.15, 0.2) is 84.9 Å². The molecule has 1 saturated carbocycles. The van der Waals surface area contributed by atoms with Crippen molar-refractivity contribution >= 4 is 51.4 Å². The maximum Gasteiger partial charge on any atom is 0.345 e. The van der Waals surface area contributed by atoms with Gasteiger partial charge in [0.2, 0.25) is 0 Å². The van der Waals surface area contributed by atoms with Crippen molar-refractivity contribution in [3.05, 3.63) is 106 Å². The Labute approximate surface area is 291 Å². The number of carboxylic acid groups (broad SMARTS) is 1. The smallest absolute Gasteiger partial charge is 0.345 e. The monoisotopic (exact) mass is 684 g/mol. The summed E-state index contributed by atoms with van der Waals surface area (Å²) in [4.78, 5) is 28.6. The zero-order chi connectivity index (χ0) is 32.2. The molecule has 2 fully saturated rings. The summed E-state index contributed by atoms with van der Waals surface area (Å²) >= 11 is 1.34. The Balaban J connectivity index is 0.00000401. The minimum atomic E-state index is -0.930. The van der Waals surface area contributed by atoms with Gasteiger partial charge in [0, 0.05) is 25.2 Å². The number of carboxylic acids is 1. The predicted molar refractivity (Wildman–Crippen MR) is 194 cm³/mol. The number of ether oxygens (including phenoxy) is 2. The number of ketones is 1. The van der Waals surface area contributed by atoms with Gasteiger partial charge in [-0.25, -0.2) is 4.79 Å². The van der Waals surface area contributed by atoms with E-state index >= 15 is 0 Å². The summed E-state index contributed by atoms with van der Waals surface area (Å²) in [7, 11) is 0. The number of benzene rings is 3. The molecule has 0 spiro atoms. The number of Topliss-reactive ketones (excluding diaryl/α,β-unsaturated/α-hetero) is 1. The summed E-state index contributed by atoms with van der Waals surface area (Å²) in [6.07, 6.45) is 5.96. The average molecular weight is 685 g/mol. The second-order valence-corrected chi connectivity index (χ2v) is 13.6. The third-order valence-electron chi connectivity index (χ3n) is 9.42. The van der Waals surface area contributed by atoms with Crippen LogP contribution in [0.25, 0.3) is 21.5 Å². The van der Waals surface area contributed by atoms with Gasteiger partial charge in [-0.2, -0.15) is 0 Å². The van der Waals surface area contributed by atoms with Crippen molar-refractivity contribution < 1.29 is 24.2 Å². The quantitative estimate of drug-likeness (QED) is 0.150. The first kappa shape index (κ1) is 33.8. The lowest BCUT2D eigenvalue weighted by molar-refractivity contribution is -0.118. The van der Waals surface area contributed by atoms with E-state index in [9.17, 15) is 14.7 Å². The molecule has 0 bridgehead atoms. The van der Waals surface area contributed by atoms with E-state index in [-0.39, 0.29) is 24.7 Å². The predicted octanol–water partition coefficient (Wildman–Crippen LogP) is 8.76. The zero-order valence-corrected chi connectivity index (χ0v) is 28.6. The molecule has 0 amide bonds. The molecule has 250 valence electrons. The number of fused-ring (bicyclic) bond motifs is 1. The summed E-state index contributed by atoms with van der Waals surface area (Å²) < 4.78 is 14.7. The van der Waals surface area contributed by atoms with Crippen molar-refractivity contribution in [1.29, 1.82) is 0 Å². The maximum absolute atomic E-state index is 13.8. The Morgan fingerprint density at radius 3 is 2.27 bits per heavy atom. The molecule has 1 N–H and O–H groups in total. The molecular weight excluding hydrogens is 644 g/mol. The van der Waals surface area contributed by atoms with Crippen LogP contribution in [-0.4, -0.2) is 47.7 Å². The number of thiophene rings is 1. The fraction of sp³-hybridized carbons (Fsp3) is 0.333. The van der Waals surface area contributed by atoms with Gasteiger partial charge in [0.15, 0.2) is 5.78 Å². The van der Waals surface area contributed by atoms with Gasteiger partial charge in [0.1, 0.15) is 17.2 Å². The molecule has 0 unspecified atom stereocenters. The zero-order valence-electron chi connectivity index (χ0n) is 26.9. The van der Waals surface area contributed by atoms with Gasteiger partial charge in [0.25, 0.3) is 0 Å². The molecule has 2 aliphatic rings. The number of hydrogen-bond donors (Lipinski definition) is 1. The summed E-state index contributed by atoms with van der Waals surface area (Å²) in [5, 5.41) is 9.95. The Hall–Kier alpha value is -4.11. The van der Waals surface area contributed by atoms with Crippen LogP contribution in [-0.2, 0) is 29.1 Å². The molecular formula is C39H41ClN2O5S. The van der Waals surface area contributed by atoms with E-state index in [0.717, 1.165) is 96.0 Å². The molecule has 9 heteroatoms. The van der Waals surface area contributed by atoms with Gasteiger partial charge in [0.05, 0.1) is 35.7 Å². The van der Waals surface area contributed by atoms with E-state index in [1.165, 1.54) is 23.3 Å². The molecule has 2 aromatic heterocycles. The van der Waals surface area contributed by atoms with Crippen LogP contribution in [0.4, 0.5) is 5.69 Å². The van der Waals surface area contributed by atoms with Gasteiger partial charge in [-0.1, -0.05) is 61.7 Å². The lowest BCUT2D eigenvalue weighted by Crippen LogP contribution is -2.36. The van der Waals surface area contributed by atoms with Crippen LogP contribution in [0.5, 0.6) is 5.75 Å². The van der Waals surface area contributed by atoms with Crippen LogP contribution in [0, 0.1) is 0 Å². The lowest BCUT2D eigenvalue weighted by atomic mass is 9.83. The van der Waals surface area contributed by atoms with Crippen LogP contribution >= 0.6 is 23.7 Å². The normalized spacial score (nSPS) is 15.3. The van der Waals surface area contributed by atoms with Crippen LogP contribution in [0.1, 0.15) is 64.4 Å². The number of rotatable bonds is 11. The second kappa shape index (κ2) is 15.4. The largest absolute Gasteiger partial charge is 0.489 e. The minimum Gasteiger partial charge on any atom is -0.489 e. The first-order chi connectivity index (χ1) is 23.0. The number of aromatic nitrogens is 1. The maximum atomic E-state index is 13.8. The van der Waals surface area contributed by atoms with E-state index in [4.69, 9.17) is 9.47 Å². The molecule has 0 atom stereocenters. The second-order valence-electron chi connectivity index (χ2n) is 12.6. The highest BCUT2D eigenvalue weighted by atomic mass is 35.5. The van der Waals surface area contributed by atoms with Crippen molar-refractivity contribution in [3.8, 4) is 17.0 Å². The standard InChI is InChI=1S/C39H40N2O5S.ClH/c42-32(23-27-11-15-31(16-12-27)40-19-21-45-22-20-40)25-41-34-24-35(39(43)44)47-38(34)36(29-9-5-2-6-10-29)37(41)30-13-17-33(18-14-30)46-26-28-7-3-1-4-8-28;/h1,3-4,7-8,11-18,24,29H,2,5-6,9-10,19-23,25-26H2,(H,43,44);1H. The Bertz CT molecular complexity index is 1840. The Kier molecular flexibility index (Phi) is 10.8. The van der Waals surface area contributed by atoms with Crippen LogP contribution in [0.2, 0.25) is 0 Å². The first-order valence-corrected chi connectivity index (χ1v) is 17.4. The lowest BCUT2D eigenvalue weighted by Gasteiger charge is -2.28. The number of morpholine rings is 1. The van der Waals surface area contributed by atoms with Gasteiger partial charge in [-0.05, 0) is 83.5 Å². The number of anilines is 1. The molecule has 7 rings (SSSR count). The molecule has 5 aromatic rings. The minimum absolute atomic E-state index is 0. The summed E-state index contributed by atoms with van der Waals surface area (Å²) in [5.41, 5.74) is 7.30. The third-order valence-corrected chi connectivity index (χ3v) is 10.6. The Morgan fingerprint density at radius 2 is 1.58 bits per heavy atom. The fourth-order valence-corrected chi connectivity index (χ4v) is 8.18. The van der Waals surface area contributed by atoms with Gasteiger partial charge < -0.3 is 24.0 Å². The summed E-state index contributed by atoms with van der Waals surface area (Å²) in [6.45, 7) is 3.85. The van der Waals surface area contributed by atoms with E-state index in [1.54, 1.807) is 6.07 Å². The number of halogens is 1. The SMILES string of the molecule is Cl.O=C(Cc1ccc(N2CCOCC2)cc1)Cn1c(-c2ccc(OCc3ccccc3)cc2)c(C2CCCCC2)c2sc(C(=O)O)cc21. The van der Waals surface area contributed by atoms with Crippen molar-refractivity contribution in [2.45, 2.75) is 57.6 Å². The van der Waals surface area contributed by atoms with Gasteiger partial charge >= 0.3 is 5.97 Å². The first-order valence-electron chi connectivity index (χ1n) is 16.6. The van der Waals surface area contributed by atoms with E-state index < -0.39 is 5.97 Å². The highest BCUT2D eigenvalue weighted by Gasteiger charge is 2.29. The highest BCUT2D eigenvalue weighted by molar-refractivity contribution is 7.21. The van der Waals surface area contributed by atoms with E-state index in [1.807, 2.05) is 54.6 Å². The number of aromatic carboxylic acids is 1. The van der Waals surface area contributed by atoms with E-state index in [2.05, 4.69) is 33.7 Å².